The molecule has 1 aliphatic heterocycles. The van der Waals surface area contributed by atoms with E-state index in [9.17, 15) is 9.90 Å². The van der Waals surface area contributed by atoms with E-state index in [1.807, 2.05) is 0 Å². The Morgan fingerprint density at radius 3 is 3.12 bits per heavy atom. The standard InChI is InChI=1S/C12H16N2O3/c13-10-3-1-2-9(11(10)15)12(16)14-6-8-4-5-17-7-8/h1-3,8,15H,4-7,13H2,(H,14,16). The van der Waals surface area contributed by atoms with Crippen LogP contribution >= 0.6 is 0 Å². The summed E-state index contributed by atoms with van der Waals surface area (Å²) in [5.74, 6) is -0.100. The molecule has 1 unspecified atom stereocenters. The first-order chi connectivity index (χ1) is 8.18. The smallest absolute Gasteiger partial charge is 0.255 e. The third kappa shape index (κ3) is 2.68. The number of phenols is 1. The molecule has 5 nitrogen and oxygen atoms in total. The van der Waals surface area contributed by atoms with E-state index in [0.717, 1.165) is 13.0 Å². The summed E-state index contributed by atoms with van der Waals surface area (Å²) in [7, 11) is 0. The second kappa shape index (κ2) is 5.05. The van der Waals surface area contributed by atoms with Gasteiger partial charge in [0.05, 0.1) is 17.9 Å². The van der Waals surface area contributed by atoms with Crippen LogP contribution in [0.25, 0.3) is 0 Å². The zero-order valence-electron chi connectivity index (χ0n) is 9.48. The summed E-state index contributed by atoms with van der Waals surface area (Å²) >= 11 is 0. The molecule has 92 valence electrons. The van der Waals surface area contributed by atoms with Crippen LogP contribution in [0.5, 0.6) is 5.75 Å². The maximum Gasteiger partial charge on any atom is 0.255 e. The molecule has 0 aromatic heterocycles. The highest BCUT2D eigenvalue weighted by molar-refractivity contribution is 5.98. The van der Waals surface area contributed by atoms with Crippen molar-refractivity contribution >= 4 is 11.6 Å². The van der Waals surface area contributed by atoms with Gasteiger partial charge in [-0.2, -0.15) is 0 Å². The van der Waals surface area contributed by atoms with Gasteiger partial charge in [-0.15, -0.1) is 0 Å². The number of nitrogens with one attached hydrogen (secondary N) is 1. The molecule has 0 aliphatic carbocycles. The molecule has 0 saturated carbocycles. The van der Waals surface area contributed by atoms with Gasteiger partial charge in [0.2, 0.25) is 0 Å². The summed E-state index contributed by atoms with van der Waals surface area (Å²) in [4.78, 5) is 11.8. The van der Waals surface area contributed by atoms with Crippen LogP contribution in [0.15, 0.2) is 18.2 Å². The van der Waals surface area contributed by atoms with Crippen molar-refractivity contribution in [1.29, 1.82) is 0 Å². The number of phenolic OH excluding ortho intramolecular Hbond substituents is 1. The number of amides is 1. The fraction of sp³-hybridized carbons (Fsp3) is 0.417. The van der Waals surface area contributed by atoms with E-state index < -0.39 is 0 Å². The van der Waals surface area contributed by atoms with Crippen molar-refractivity contribution in [2.45, 2.75) is 6.42 Å². The maximum atomic E-state index is 11.8. The first kappa shape index (κ1) is 11.7. The minimum absolute atomic E-state index is 0.160. The molecular weight excluding hydrogens is 220 g/mol. The Morgan fingerprint density at radius 2 is 2.41 bits per heavy atom. The third-order valence-corrected chi connectivity index (χ3v) is 2.89. The fourth-order valence-corrected chi connectivity index (χ4v) is 1.82. The van der Waals surface area contributed by atoms with Crippen LogP contribution in [0.3, 0.4) is 0 Å². The minimum Gasteiger partial charge on any atom is -0.505 e. The van der Waals surface area contributed by atoms with E-state index in [1.54, 1.807) is 18.2 Å². The van der Waals surface area contributed by atoms with E-state index in [-0.39, 0.29) is 22.9 Å². The fourth-order valence-electron chi connectivity index (χ4n) is 1.82. The molecule has 1 aromatic carbocycles. The van der Waals surface area contributed by atoms with Crippen molar-refractivity contribution in [2.75, 3.05) is 25.5 Å². The lowest BCUT2D eigenvalue weighted by molar-refractivity contribution is 0.0942. The molecule has 1 amide bonds. The van der Waals surface area contributed by atoms with Crippen molar-refractivity contribution in [3.8, 4) is 5.75 Å². The highest BCUT2D eigenvalue weighted by atomic mass is 16.5. The number of aromatic hydroxyl groups is 1. The average Bonchev–Trinajstić information content (AvgIpc) is 2.82. The molecule has 5 heteroatoms. The van der Waals surface area contributed by atoms with Crippen LogP contribution < -0.4 is 11.1 Å². The number of hydrogen-bond acceptors (Lipinski definition) is 4. The van der Waals surface area contributed by atoms with Crippen molar-refractivity contribution in [1.82, 2.24) is 5.32 Å². The van der Waals surface area contributed by atoms with E-state index in [2.05, 4.69) is 5.32 Å². The number of carbonyl (C=O) groups excluding carboxylic acids is 1. The number of nitrogen functional groups attached to an aromatic ring is 1. The van der Waals surface area contributed by atoms with Crippen molar-refractivity contribution in [3.63, 3.8) is 0 Å². The predicted molar refractivity (Wildman–Crippen MR) is 63.8 cm³/mol. The summed E-state index contributed by atoms with van der Waals surface area (Å²) in [6.45, 7) is 2.00. The molecule has 17 heavy (non-hydrogen) atoms. The van der Waals surface area contributed by atoms with Crippen LogP contribution in [0, 0.1) is 5.92 Å². The van der Waals surface area contributed by atoms with E-state index in [4.69, 9.17) is 10.5 Å². The molecule has 1 fully saturated rings. The Kier molecular flexibility index (Phi) is 3.49. The van der Waals surface area contributed by atoms with Gasteiger partial charge in [-0.05, 0) is 18.6 Å². The van der Waals surface area contributed by atoms with Gasteiger partial charge < -0.3 is 20.9 Å². The van der Waals surface area contributed by atoms with Gasteiger partial charge in [0.1, 0.15) is 0 Å². The van der Waals surface area contributed by atoms with Gasteiger partial charge in [0.15, 0.2) is 5.75 Å². The number of para-hydroxylation sites is 1. The van der Waals surface area contributed by atoms with Crippen LogP contribution in [0.4, 0.5) is 5.69 Å². The summed E-state index contributed by atoms with van der Waals surface area (Å²) in [6.07, 6.45) is 0.961. The first-order valence-corrected chi connectivity index (χ1v) is 5.62. The SMILES string of the molecule is Nc1cccc(C(=O)NCC2CCOC2)c1O. The summed E-state index contributed by atoms with van der Waals surface area (Å²) in [5.41, 5.74) is 5.95. The zero-order valence-corrected chi connectivity index (χ0v) is 9.48. The lowest BCUT2D eigenvalue weighted by atomic mass is 10.1. The number of anilines is 1. The molecule has 0 spiro atoms. The molecule has 1 heterocycles. The number of hydrogen-bond donors (Lipinski definition) is 3. The normalized spacial score (nSPS) is 19.2. The van der Waals surface area contributed by atoms with Crippen molar-refractivity contribution in [3.05, 3.63) is 23.8 Å². The summed E-state index contributed by atoms with van der Waals surface area (Å²) in [5, 5.41) is 12.4. The second-order valence-electron chi connectivity index (χ2n) is 4.18. The first-order valence-electron chi connectivity index (χ1n) is 5.62. The molecule has 2 rings (SSSR count). The monoisotopic (exact) mass is 236 g/mol. The lowest BCUT2D eigenvalue weighted by Crippen LogP contribution is -2.29. The topological polar surface area (TPSA) is 84.6 Å². The van der Waals surface area contributed by atoms with Gasteiger partial charge in [-0.3, -0.25) is 4.79 Å². The Bertz CT molecular complexity index is 414. The number of carbonyl (C=O) groups is 1. The van der Waals surface area contributed by atoms with E-state index in [1.165, 1.54) is 0 Å². The maximum absolute atomic E-state index is 11.8. The zero-order chi connectivity index (χ0) is 12.3. The number of ether oxygens (including phenoxy) is 1. The Morgan fingerprint density at radius 1 is 1.59 bits per heavy atom. The second-order valence-corrected chi connectivity index (χ2v) is 4.18. The molecule has 1 aromatic rings. The quantitative estimate of drug-likeness (QED) is 0.534. The van der Waals surface area contributed by atoms with Gasteiger partial charge in [0.25, 0.3) is 5.91 Å². The molecule has 0 radical (unpaired) electrons. The summed E-state index contributed by atoms with van der Waals surface area (Å²) in [6, 6.07) is 4.74. The van der Waals surface area contributed by atoms with Gasteiger partial charge >= 0.3 is 0 Å². The van der Waals surface area contributed by atoms with Crippen molar-refractivity contribution in [2.24, 2.45) is 5.92 Å². The number of benzene rings is 1. The molecular formula is C12H16N2O3. The highest BCUT2D eigenvalue weighted by Gasteiger charge is 2.18. The van der Waals surface area contributed by atoms with Crippen molar-refractivity contribution < 1.29 is 14.6 Å². The lowest BCUT2D eigenvalue weighted by Gasteiger charge is -2.11. The highest BCUT2D eigenvalue weighted by Crippen LogP contribution is 2.24. The number of rotatable bonds is 3. The van der Waals surface area contributed by atoms with Gasteiger partial charge in [-0.1, -0.05) is 6.07 Å². The molecule has 0 bridgehead atoms. The third-order valence-electron chi connectivity index (χ3n) is 2.89. The van der Waals surface area contributed by atoms with Gasteiger partial charge in [0, 0.05) is 19.1 Å². The van der Waals surface area contributed by atoms with E-state index >= 15 is 0 Å². The van der Waals surface area contributed by atoms with Crippen LogP contribution in [0.2, 0.25) is 0 Å². The molecule has 4 N–H and O–H groups in total. The van der Waals surface area contributed by atoms with Gasteiger partial charge in [-0.25, -0.2) is 0 Å². The Balaban J connectivity index is 1.97. The van der Waals surface area contributed by atoms with E-state index in [0.29, 0.717) is 19.1 Å². The largest absolute Gasteiger partial charge is 0.505 e. The molecule has 1 atom stereocenters. The summed E-state index contributed by atoms with van der Waals surface area (Å²) < 4.78 is 5.22. The predicted octanol–water partition coefficient (Wildman–Crippen LogP) is 0.741. The van der Waals surface area contributed by atoms with Crippen LogP contribution in [-0.4, -0.2) is 30.8 Å². The number of nitrogens with two attached hydrogens (primary N) is 1. The molecule has 1 aliphatic rings. The Labute approximate surface area is 99.6 Å². The average molecular weight is 236 g/mol. The Hall–Kier alpha value is -1.75. The minimum atomic E-state index is -0.304. The van der Waals surface area contributed by atoms with Crippen LogP contribution in [0.1, 0.15) is 16.8 Å². The molecule has 1 saturated heterocycles. The van der Waals surface area contributed by atoms with Crippen LogP contribution in [-0.2, 0) is 4.74 Å².